The number of ketones is 2. The van der Waals surface area contributed by atoms with Crippen LogP contribution in [0.5, 0.6) is 11.5 Å². The molecule has 1 heterocycles. The Kier molecular flexibility index (Phi) is 11.7. The average molecular weight is 552 g/mol. The number of aromatic amines is 1. The molecule has 40 heavy (non-hydrogen) atoms. The summed E-state index contributed by atoms with van der Waals surface area (Å²) in [5.74, 6) is -1.00. The van der Waals surface area contributed by atoms with Crippen LogP contribution < -0.4 is 9.47 Å². The number of hydrogen-bond donors (Lipinski definition) is 3. The van der Waals surface area contributed by atoms with E-state index >= 15 is 0 Å². The first-order chi connectivity index (χ1) is 19.3. The third-order valence-electron chi connectivity index (χ3n) is 6.64. The SMILES string of the molecule is CCCCCCCCc1ccc(OCC(=O)Cc2[nH]c3ccc(OC(=O)O)cc3c2C(=O)CCCC(=O)O)cc1. The van der Waals surface area contributed by atoms with Crippen LogP contribution in [0.3, 0.4) is 0 Å². The van der Waals surface area contributed by atoms with E-state index in [2.05, 4.69) is 11.9 Å². The zero-order valence-corrected chi connectivity index (χ0v) is 22.9. The number of aromatic nitrogens is 1. The monoisotopic (exact) mass is 551 g/mol. The van der Waals surface area contributed by atoms with Crippen LogP contribution in [0, 0.1) is 0 Å². The lowest BCUT2D eigenvalue weighted by Gasteiger charge is -2.08. The first-order valence-corrected chi connectivity index (χ1v) is 13.8. The summed E-state index contributed by atoms with van der Waals surface area (Å²) in [6, 6.07) is 12.1. The lowest BCUT2D eigenvalue weighted by atomic mass is 9.99. The van der Waals surface area contributed by atoms with Crippen molar-refractivity contribution in [3.63, 3.8) is 0 Å². The van der Waals surface area contributed by atoms with Crippen LogP contribution >= 0.6 is 0 Å². The quantitative estimate of drug-likeness (QED) is 0.0681. The van der Waals surface area contributed by atoms with Crippen LogP contribution in [0.25, 0.3) is 10.9 Å². The summed E-state index contributed by atoms with van der Waals surface area (Å²) in [6.45, 7) is 2.02. The summed E-state index contributed by atoms with van der Waals surface area (Å²) in [4.78, 5) is 50.8. The predicted octanol–water partition coefficient (Wildman–Crippen LogP) is 6.76. The fraction of sp³-hybridized carbons (Fsp3) is 0.419. The van der Waals surface area contributed by atoms with Gasteiger partial charge >= 0.3 is 12.1 Å². The Morgan fingerprint density at radius 1 is 0.825 bits per heavy atom. The van der Waals surface area contributed by atoms with Crippen LogP contribution in [0.1, 0.15) is 86.3 Å². The number of H-pyrrole nitrogens is 1. The number of carbonyl (C=O) groups is 4. The minimum Gasteiger partial charge on any atom is -0.486 e. The van der Waals surface area contributed by atoms with Crippen LogP contribution in [-0.4, -0.2) is 45.5 Å². The van der Waals surface area contributed by atoms with E-state index in [1.165, 1.54) is 49.8 Å². The summed E-state index contributed by atoms with van der Waals surface area (Å²) in [7, 11) is 0. The molecule has 3 aromatic rings. The standard InChI is InChI=1S/C31H37NO8/c1-2-3-4-5-6-7-9-21-12-14-23(15-13-21)39-20-22(33)18-27-30(28(34)10-8-11-29(35)36)25-19-24(40-31(37)38)16-17-26(25)32-27/h12-17,19,32H,2-11,18,20H2,1H3,(H,35,36)(H,37,38). The highest BCUT2D eigenvalue weighted by atomic mass is 16.7. The van der Waals surface area contributed by atoms with Crippen molar-refractivity contribution in [1.29, 1.82) is 0 Å². The smallest absolute Gasteiger partial charge is 0.486 e. The van der Waals surface area contributed by atoms with Gasteiger partial charge in [0.2, 0.25) is 0 Å². The molecule has 3 rings (SSSR count). The molecule has 9 heteroatoms. The number of rotatable bonds is 18. The molecule has 0 atom stereocenters. The number of Topliss-reactive ketones (excluding diaryl/α,β-unsaturated/α-hetero) is 2. The summed E-state index contributed by atoms with van der Waals surface area (Å²) < 4.78 is 10.4. The van der Waals surface area contributed by atoms with Crippen molar-refractivity contribution in [2.24, 2.45) is 0 Å². The highest BCUT2D eigenvalue weighted by Gasteiger charge is 2.21. The molecule has 0 aliphatic rings. The van der Waals surface area contributed by atoms with Gasteiger partial charge in [0.25, 0.3) is 0 Å². The molecule has 0 aliphatic carbocycles. The van der Waals surface area contributed by atoms with Crippen LogP contribution in [0.2, 0.25) is 0 Å². The molecule has 0 amide bonds. The van der Waals surface area contributed by atoms with Gasteiger partial charge in [-0.1, -0.05) is 51.2 Å². The second kappa shape index (κ2) is 15.5. The lowest BCUT2D eigenvalue weighted by molar-refractivity contribution is -0.137. The van der Waals surface area contributed by atoms with Gasteiger partial charge in [-0.2, -0.15) is 0 Å². The van der Waals surface area contributed by atoms with Crippen molar-refractivity contribution in [3.05, 3.63) is 59.3 Å². The molecule has 214 valence electrons. The predicted molar refractivity (Wildman–Crippen MR) is 150 cm³/mol. The Morgan fingerprint density at radius 3 is 2.23 bits per heavy atom. The van der Waals surface area contributed by atoms with Crippen molar-refractivity contribution in [2.45, 2.75) is 77.6 Å². The maximum Gasteiger partial charge on any atom is 0.511 e. The van der Waals surface area contributed by atoms with Gasteiger partial charge in [-0.05, 0) is 55.2 Å². The molecule has 0 saturated heterocycles. The number of carboxylic acids is 1. The number of hydrogen-bond acceptors (Lipinski definition) is 6. The zero-order valence-electron chi connectivity index (χ0n) is 22.9. The molecule has 0 aliphatic heterocycles. The van der Waals surface area contributed by atoms with Gasteiger partial charge < -0.3 is 24.7 Å². The number of aryl methyl sites for hydroxylation is 1. The molecule has 0 unspecified atom stereocenters. The molecule has 2 aromatic carbocycles. The van der Waals surface area contributed by atoms with Gasteiger partial charge in [0.05, 0.1) is 6.42 Å². The second-order valence-electron chi connectivity index (χ2n) is 9.89. The first-order valence-electron chi connectivity index (χ1n) is 13.8. The van der Waals surface area contributed by atoms with E-state index in [4.69, 9.17) is 19.7 Å². The van der Waals surface area contributed by atoms with E-state index in [9.17, 15) is 19.2 Å². The zero-order chi connectivity index (χ0) is 28.9. The number of carbonyl (C=O) groups excluding carboxylic acids is 2. The number of nitrogens with one attached hydrogen (secondary N) is 1. The molecule has 9 nitrogen and oxygen atoms in total. The summed E-state index contributed by atoms with van der Waals surface area (Å²) >= 11 is 0. The van der Waals surface area contributed by atoms with E-state index in [-0.39, 0.29) is 55.2 Å². The molecular weight excluding hydrogens is 514 g/mol. The topological polar surface area (TPSA) is 143 Å². The number of benzene rings is 2. The summed E-state index contributed by atoms with van der Waals surface area (Å²) in [5, 5.41) is 18.3. The van der Waals surface area contributed by atoms with E-state index in [1.807, 2.05) is 24.3 Å². The molecule has 1 aromatic heterocycles. The average Bonchev–Trinajstić information content (AvgIpc) is 3.26. The fourth-order valence-corrected chi connectivity index (χ4v) is 4.64. The summed E-state index contributed by atoms with van der Waals surface area (Å²) in [6.07, 6.45) is 6.79. The van der Waals surface area contributed by atoms with Gasteiger partial charge in [-0.25, -0.2) is 4.79 Å². The van der Waals surface area contributed by atoms with Crippen molar-refractivity contribution >= 4 is 34.6 Å². The summed E-state index contributed by atoms with van der Waals surface area (Å²) in [5.41, 5.74) is 2.35. The Morgan fingerprint density at radius 2 is 1.52 bits per heavy atom. The van der Waals surface area contributed by atoms with Crippen molar-refractivity contribution in [2.75, 3.05) is 6.61 Å². The van der Waals surface area contributed by atoms with Crippen molar-refractivity contribution in [1.82, 2.24) is 4.98 Å². The highest BCUT2D eigenvalue weighted by molar-refractivity contribution is 6.10. The van der Waals surface area contributed by atoms with Crippen molar-refractivity contribution < 1.29 is 38.9 Å². The Balaban J connectivity index is 1.63. The minimum atomic E-state index is -1.49. The van der Waals surface area contributed by atoms with Gasteiger partial charge in [0, 0.05) is 35.0 Å². The largest absolute Gasteiger partial charge is 0.511 e. The van der Waals surface area contributed by atoms with E-state index < -0.39 is 12.1 Å². The number of ether oxygens (including phenoxy) is 2. The third-order valence-corrected chi connectivity index (χ3v) is 6.64. The Bertz CT molecular complexity index is 1310. The number of aliphatic carboxylic acids is 1. The number of unbranched alkanes of at least 4 members (excludes halogenated alkanes) is 5. The Labute approximate surface area is 233 Å². The van der Waals surface area contributed by atoms with Crippen molar-refractivity contribution in [3.8, 4) is 11.5 Å². The first kappa shape index (κ1) is 30.4. The van der Waals surface area contributed by atoms with Gasteiger partial charge in [0.1, 0.15) is 18.1 Å². The molecule has 0 radical (unpaired) electrons. The van der Waals surface area contributed by atoms with Gasteiger partial charge in [-0.15, -0.1) is 0 Å². The maximum atomic E-state index is 13.1. The second-order valence-corrected chi connectivity index (χ2v) is 9.89. The van der Waals surface area contributed by atoms with Crippen LogP contribution in [-0.2, 0) is 22.4 Å². The highest BCUT2D eigenvalue weighted by Crippen LogP contribution is 2.29. The van der Waals surface area contributed by atoms with Gasteiger partial charge in [-0.3, -0.25) is 14.4 Å². The Hall–Kier alpha value is -4.14. The van der Waals surface area contributed by atoms with Gasteiger partial charge in [0.15, 0.2) is 11.6 Å². The minimum absolute atomic E-state index is 0.0275. The molecular formula is C31H37NO8. The maximum absolute atomic E-state index is 13.1. The molecule has 3 N–H and O–H groups in total. The van der Waals surface area contributed by atoms with E-state index in [0.717, 1.165) is 12.8 Å². The molecule has 0 spiro atoms. The molecule has 0 fully saturated rings. The lowest BCUT2D eigenvalue weighted by Crippen LogP contribution is -2.16. The normalized spacial score (nSPS) is 10.9. The molecule has 0 saturated carbocycles. The number of carboxylic acid groups (broad SMARTS) is 2. The third kappa shape index (κ3) is 9.55. The van der Waals surface area contributed by atoms with Crippen LogP contribution in [0.15, 0.2) is 42.5 Å². The van der Waals surface area contributed by atoms with Crippen LogP contribution in [0.4, 0.5) is 4.79 Å². The van der Waals surface area contributed by atoms with E-state index in [0.29, 0.717) is 22.3 Å². The number of fused-ring (bicyclic) bond motifs is 1. The fourth-order valence-electron chi connectivity index (χ4n) is 4.64. The molecule has 0 bridgehead atoms. The van der Waals surface area contributed by atoms with E-state index in [1.54, 1.807) is 6.07 Å².